The van der Waals surface area contributed by atoms with Crippen LogP contribution in [0.1, 0.15) is 24.3 Å². The molecule has 2 aromatic heterocycles. The summed E-state index contributed by atoms with van der Waals surface area (Å²) in [5.41, 5.74) is 5.58. The van der Waals surface area contributed by atoms with Gasteiger partial charge >= 0.3 is 0 Å². The molecular formula is C11H13BrN4S. The first-order valence-corrected chi connectivity index (χ1v) is 6.96. The van der Waals surface area contributed by atoms with E-state index >= 15 is 0 Å². The van der Waals surface area contributed by atoms with Gasteiger partial charge in [0.25, 0.3) is 0 Å². The smallest absolute Gasteiger partial charge is 0.221 e. The molecule has 0 fully saturated rings. The fourth-order valence-corrected chi connectivity index (χ4v) is 2.68. The lowest BCUT2D eigenvalue weighted by molar-refractivity contribution is 0.757. The van der Waals surface area contributed by atoms with Crippen LogP contribution in [0.5, 0.6) is 0 Å². The number of anilines is 2. The molecule has 17 heavy (non-hydrogen) atoms. The predicted octanol–water partition coefficient (Wildman–Crippen LogP) is 3.45. The van der Waals surface area contributed by atoms with Crippen molar-refractivity contribution in [1.82, 2.24) is 9.97 Å². The minimum absolute atomic E-state index is 0.251. The van der Waals surface area contributed by atoms with Crippen molar-refractivity contribution in [3.8, 4) is 0 Å². The molecule has 2 heterocycles. The summed E-state index contributed by atoms with van der Waals surface area (Å²) in [4.78, 5) is 9.39. The molecule has 0 aliphatic rings. The molecule has 0 saturated carbocycles. The van der Waals surface area contributed by atoms with E-state index < -0.39 is 0 Å². The van der Waals surface area contributed by atoms with Crippen LogP contribution in [0.3, 0.4) is 0 Å². The lowest BCUT2D eigenvalue weighted by atomic mass is 10.2. The van der Waals surface area contributed by atoms with Crippen molar-refractivity contribution in [2.24, 2.45) is 0 Å². The van der Waals surface area contributed by atoms with Crippen molar-refractivity contribution in [2.45, 2.75) is 19.4 Å². The first kappa shape index (κ1) is 12.3. The van der Waals surface area contributed by atoms with Gasteiger partial charge in [0.05, 0.1) is 10.5 Å². The largest absolute Gasteiger partial charge is 0.368 e. The summed E-state index contributed by atoms with van der Waals surface area (Å²) in [5, 5.41) is 5.45. The third-order valence-electron chi connectivity index (χ3n) is 2.37. The summed E-state index contributed by atoms with van der Waals surface area (Å²) < 4.78 is 0.821. The molecular weight excluding hydrogens is 300 g/mol. The Morgan fingerprint density at radius 3 is 3.06 bits per heavy atom. The fourth-order valence-electron chi connectivity index (χ4n) is 1.51. The quantitative estimate of drug-likeness (QED) is 0.907. The van der Waals surface area contributed by atoms with E-state index in [1.165, 1.54) is 4.88 Å². The van der Waals surface area contributed by atoms with Crippen LogP contribution in [0.15, 0.2) is 28.2 Å². The highest BCUT2D eigenvalue weighted by Gasteiger charge is 2.13. The second-order valence-corrected chi connectivity index (χ2v) is 5.38. The number of halogens is 1. The number of nitrogens with one attached hydrogen (secondary N) is 1. The first-order chi connectivity index (χ1) is 8.20. The number of hydrogen-bond donors (Lipinski definition) is 2. The molecule has 0 radical (unpaired) electrons. The van der Waals surface area contributed by atoms with Crippen molar-refractivity contribution < 1.29 is 0 Å². The molecule has 2 rings (SSSR count). The summed E-state index contributed by atoms with van der Waals surface area (Å²) in [6, 6.07) is 4.42. The normalized spacial score (nSPS) is 12.4. The topological polar surface area (TPSA) is 63.8 Å². The Balaban J connectivity index is 2.21. The van der Waals surface area contributed by atoms with Gasteiger partial charge in [0.1, 0.15) is 5.82 Å². The van der Waals surface area contributed by atoms with Gasteiger partial charge in [-0.1, -0.05) is 13.0 Å². The van der Waals surface area contributed by atoms with Crippen molar-refractivity contribution in [1.29, 1.82) is 0 Å². The van der Waals surface area contributed by atoms with Crippen LogP contribution in [0, 0.1) is 0 Å². The Bertz CT molecular complexity index is 486. The minimum atomic E-state index is 0.251. The van der Waals surface area contributed by atoms with E-state index in [0.717, 1.165) is 16.7 Å². The van der Waals surface area contributed by atoms with Crippen LogP contribution >= 0.6 is 27.3 Å². The number of rotatable bonds is 4. The monoisotopic (exact) mass is 312 g/mol. The van der Waals surface area contributed by atoms with Crippen molar-refractivity contribution in [2.75, 3.05) is 11.1 Å². The lowest BCUT2D eigenvalue weighted by Crippen LogP contribution is -2.11. The van der Waals surface area contributed by atoms with Gasteiger partial charge in [-0.3, -0.25) is 0 Å². The second kappa shape index (κ2) is 5.46. The minimum Gasteiger partial charge on any atom is -0.368 e. The van der Waals surface area contributed by atoms with Gasteiger partial charge in [-0.15, -0.1) is 11.3 Å². The Hall–Kier alpha value is -1.14. The Morgan fingerprint density at radius 2 is 2.41 bits per heavy atom. The molecule has 0 aliphatic carbocycles. The summed E-state index contributed by atoms with van der Waals surface area (Å²) in [5.74, 6) is 1.01. The van der Waals surface area contributed by atoms with Gasteiger partial charge < -0.3 is 11.1 Å². The van der Waals surface area contributed by atoms with Gasteiger partial charge in [0.15, 0.2) is 0 Å². The van der Waals surface area contributed by atoms with Gasteiger partial charge in [-0.25, -0.2) is 4.98 Å². The predicted molar refractivity (Wildman–Crippen MR) is 75.1 cm³/mol. The SMILES string of the molecule is CCC(Nc1nc(N)ncc1Br)c1cccs1. The molecule has 6 heteroatoms. The highest BCUT2D eigenvalue weighted by Crippen LogP contribution is 2.28. The molecule has 1 unspecified atom stereocenters. The van der Waals surface area contributed by atoms with E-state index in [1.807, 2.05) is 6.07 Å². The van der Waals surface area contributed by atoms with E-state index in [2.05, 4.69) is 49.6 Å². The Kier molecular flexibility index (Phi) is 3.96. The molecule has 90 valence electrons. The number of nitrogens with two attached hydrogens (primary N) is 1. The maximum absolute atomic E-state index is 5.58. The molecule has 3 N–H and O–H groups in total. The van der Waals surface area contributed by atoms with Gasteiger partial charge in [-0.2, -0.15) is 4.98 Å². The van der Waals surface area contributed by atoms with E-state index in [4.69, 9.17) is 5.73 Å². The standard InChI is InChI=1S/C11H13BrN4S/c1-2-8(9-4-3-5-17-9)15-10-7(12)6-14-11(13)16-10/h3-6,8H,2H2,1H3,(H3,13,14,15,16). The van der Waals surface area contributed by atoms with E-state index in [9.17, 15) is 0 Å². The van der Waals surface area contributed by atoms with Crippen molar-refractivity contribution >= 4 is 39.0 Å². The number of nitrogen functional groups attached to an aromatic ring is 1. The van der Waals surface area contributed by atoms with Crippen LogP contribution in [0.2, 0.25) is 0 Å². The molecule has 0 spiro atoms. The summed E-state index contributed by atoms with van der Waals surface area (Å²) in [6.07, 6.45) is 2.64. The fraction of sp³-hybridized carbons (Fsp3) is 0.273. The molecule has 0 aliphatic heterocycles. The Labute approximate surface area is 112 Å². The molecule has 1 atom stereocenters. The maximum atomic E-state index is 5.58. The highest BCUT2D eigenvalue weighted by atomic mass is 79.9. The highest BCUT2D eigenvalue weighted by molar-refractivity contribution is 9.10. The second-order valence-electron chi connectivity index (χ2n) is 3.55. The average molecular weight is 313 g/mol. The third kappa shape index (κ3) is 2.95. The third-order valence-corrected chi connectivity index (χ3v) is 3.93. The van der Waals surface area contributed by atoms with Crippen LogP contribution in [0.25, 0.3) is 0 Å². The number of nitrogens with zero attached hydrogens (tertiary/aromatic N) is 2. The van der Waals surface area contributed by atoms with Gasteiger partial charge in [0.2, 0.25) is 5.95 Å². The molecule has 2 aromatic rings. The summed E-state index contributed by atoms with van der Waals surface area (Å²) >= 11 is 5.14. The number of hydrogen-bond acceptors (Lipinski definition) is 5. The van der Waals surface area contributed by atoms with E-state index in [0.29, 0.717) is 0 Å². The number of aromatic nitrogens is 2. The number of thiophene rings is 1. The van der Waals surface area contributed by atoms with Gasteiger partial charge in [-0.05, 0) is 33.8 Å². The molecule has 0 bridgehead atoms. The molecule has 0 amide bonds. The molecule has 4 nitrogen and oxygen atoms in total. The summed E-state index contributed by atoms with van der Waals surface area (Å²) in [7, 11) is 0. The van der Waals surface area contributed by atoms with Crippen molar-refractivity contribution in [3.63, 3.8) is 0 Å². The van der Waals surface area contributed by atoms with Crippen LogP contribution < -0.4 is 11.1 Å². The van der Waals surface area contributed by atoms with Crippen LogP contribution in [-0.2, 0) is 0 Å². The lowest BCUT2D eigenvalue weighted by Gasteiger charge is -2.17. The summed E-state index contributed by atoms with van der Waals surface area (Å²) in [6.45, 7) is 2.13. The van der Waals surface area contributed by atoms with Gasteiger partial charge in [0, 0.05) is 11.1 Å². The zero-order valence-electron chi connectivity index (χ0n) is 9.35. The Morgan fingerprint density at radius 1 is 1.59 bits per heavy atom. The average Bonchev–Trinajstić information content (AvgIpc) is 2.84. The van der Waals surface area contributed by atoms with E-state index in [-0.39, 0.29) is 12.0 Å². The van der Waals surface area contributed by atoms with E-state index in [1.54, 1.807) is 17.5 Å². The maximum Gasteiger partial charge on any atom is 0.221 e. The van der Waals surface area contributed by atoms with Crippen molar-refractivity contribution in [3.05, 3.63) is 33.1 Å². The first-order valence-electron chi connectivity index (χ1n) is 5.28. The zero-order chi connectivity index (χ0) is 12.3. The van der Waals surface area contributed by atoms with Crippen LogP contribution in [-0.4, -0.2) is 9.97 Å². The zero-order valence-corrected chi connectivity index (χ0v) is 11.8. The van der Waals surface area contributed by atoms with Crippen LogP contribution in [0.4, 0.5) is 11.8 Å². The molecule has 0 saturated heterocycles. The molecule has 0 aromatic carbocycles.